The fraction of sp³-hybridized carbons (Fsp3) is 0.474. The molecule has 2 unspecified atom stereocenters. The summed E-state index contributed by atoms with van der Waals surface area (Å²) in [5.41, 5.74) is 0.637. The molecule has 1 aromatic rings. The molecule has 2 atom stereocenters. The summed E-state index contributed by atoms with van der Waals surface area (Å²) in [6.45, 7) is 7.77. The number of esters is 1. The first kappa shape index (κ1) is 21.1. The van der Waals surface area contributed by atoms with Gasteiger partial charge in [0.25, 0.3) is 0 Å². The monoisotopic (exact) mass is 440 g/mol. The zero-order chi connectivity index (χ0) is 20.5. The Balaban J connectivity index is 2.44. The van der Waals surface area contributed by atoms with Crippen LogP contribution >= 0.6 is 15.9 Å². The van der Waals surface area contributed by atoms with Crippen molar-refractivity contribution in [3.63, 3.8) is 0 Å². The lowest BCUT2D eigenvalue weighted by Crippen LogP contribution is -2.44. The summed E-state index contributed by atoms with van der Waals surface area (Å²) in [5.74, 6) is -0.351. The molecule has 0 saturated carbocycles. The Bertz CT molecular complexity index is 785. The van der Waals surface area contributed by atoms with Crippen LogP contribution in [0.15, 0.2) is 28.4 Å². The molecule has 0 spiro atoms. The second-order valence-electron chi connectivity index (χ2n) is 7.55. The molecule has 0 aromatic heterocycles. The first-order valence-corrected chi connectivity index (χ1v) is 9.27. The van der Waals surface area contributed by atoms with Gasteiger partial charge in [0, 0.05) is 13.2 Å². The molecule has 0 saturated heterocycles. The van der Waals surface area contributed by atoms with Gasteiger partial charge in [-0.1, -0.05) is 20.8 Å². The van der Waals surface area contributed by atoms with Gasteiger partial charge in [0.15, 0.2) is 11.5 Å². The predicted octanol–water partition coefficient (Wildman–Crippen LogP) is 3.72. The minimum atomic E-state index is -0.737. The van der Waals surface area contributed by atoms with Gasteiger partial charge in [-0.2, -0.15) is 0 Å². The Kier molecular flexibility index (Phi) is 6.09. The van der Waals surface area contributed by atoms with Crippen molar-refractivity contribution < 1.29 is 24.2 Å². The predicted molar refractivity (Wildman–Crippen MR) is 104 cm³/mol. The minimum Gasteiger partial charge on any atom is -0.503 e. The molecule has 1 aromatic carbocycles. The average Bonchev–Trinajstić information content (AvgIpc) is 2.58. The van der Waals surface area contributed by atoms with Crippen LogP contribution in [0, 0.1) is 5.41 Å². The molecule has 1 heterocycles. The van der Waals surface area contributed by atoms with E-state index in [4.69, 9.17) is 9.47 Å². The number of benzene rings is 1. The highest BCUT2D eigenvalue weighted by Gasteiger charge is 2.34. The van der Waals surface area contributed by atoms with Crippen LogP contribution in [0.25, 0.3) is 0 Å². The van der Waals surface area contributed by atoms with Crippen molar-refractivity contribution in [2.24, 2.45) is 5.41 Å². The first-order chi connectivity index (χ1) is 12.5. The SMILES string of the molecule is COc1cc(C2NC(=O)N(C)C=C2C(=O)OC(C)C(C)(C)C)cc(Br)c1O. The number of amides is 2. The highest BCUT2D eigenvalue weighted by Crippen LogP contribution is 2.39. The highest BCUT2D eigenvalue weighted by molar-refractivity contribution is 9.10. The van der Waals surface area contributed by atoms with Crippen LogP contribution in [-0.4, -0.2) is 42.3 Å². The Morgan fingerprint density at radius 3 is 2.56 bits per heavy atom. The second-order valence-corrected chi connectivity index (χ2v) is 8.40. The third-order valence-corrected chi connectivity index (χ3v) is 5.18. The van der Waals surface area contributed by atoms with Crippen molar-refractivity contribution in [3.8, 4) is 11.5 Å². The minimum absolute atomic E-state index is 0.0602. The summed E-state index contributed by atoms with van der Waals surface area (Å²) in [7, 11) is 2.98. The van der Waals surface area contributed by atoms with Gasteiger partial charge in [-0.25, -0.2) is 9.59 Å². The number of methoxy groups -OCH3 is 1. The largest absolute Gasteiger partial charge is 0.503 e. The van der Waals surface area contributed by atoms with Crippen molar-refractivity contribution in [2.45, 2.75) is 39.8 Å². The fourth-order valence-corrected chi connectivity index (χ4v) is 2.86. The number of carbonyl (C=O) groups is 2. The molecule has 8 heteroatoms. The van der Waals surface area contributed by atoms with Crippen LogP contribution < -0.4 is 10.1 Å². The van der Waals surface area contributed by atoms with Gasteiger partial charge in [0.1, 0.15) is 6.10 Å². The Labute approximate surface area is 167 Å². The number of nitrogens with one attached hydrogen (secondary N) is 1. The number of nitrogens with zero attached hydrogens (tertiary/aromatic N) is 1. The standard InChI is InChI=1S/C19H25BrN2O5/c1-10(19(2,3)4)27-17(24)12-9-22(5)18(25)21-15(12)11-7-13(20)16(23)14(8-11)26-6/h7-10,15,23H,1-6H3,(H,21,25). The van der Waals surface area contributed by atoms with Crippen molar-refractivity contribution in [2.75, 3.05) is 14.2 Å². The Morgan fingerprint density at radius 1 is 1.37 bits per heavy atom. The van der Waals surface area contributed by atoms with Gasteiger partial charge in [0.05, 0.1) is 23.2 Å². The lowest BCUT2D eigenvalue weighted by atomic mass is 9.90. The molecule has 0 bridgehead atoms. The van der Waals surface area contributed by atoms with Crippen LogP contribution in [-0.2, 0) is 9.53 Å². The number of halogens is 1. The normalized spacial score (nSPS) is 18.5. The molecular weight excluding hydrogens is 416 g/mol. The summed E-state index contributed by atoms with van der Waals surface area (Å²) in [6, 6.07) is 2.11. The summed E-state index contributed by atoms with van der Waals surface area (Å²) >= 11 is 3.27. The lowest BCUT2D eigenvalue weighted by Gasteiger charge is -2.32. The van der Waals surface area contributed by atoms with E-state index in [-0.39, 0.29) is 34.6 Å². The molecule has 1 aliphatic rings. The third kappa shape index (κ3) is 4.55. The topological polar surface area (TPSA) is 88.1 Å². The maximum absolute atomic E-state index is 12.8. The summed E-state index contributed by atoms with van der Waals surface area (Å²) in [6.07, 6.45) is 1.14. The molecule has 1 aliphatic heterocycles. The summed E-state index contributed by atoms with van der Waals surface area (Å²) in [4.78, 5) is 26.3. The number of hydrogen-bond donors (Lipinski definition) is 2. The zero-order valence-electron chi connectivity index (χ0n) is 16.3. The number of carbonyl (C=O) groups excluding carboxylic acids is 2. The van der Waals surface area contributed by atoms with E-state index in [0.29, 0.717) is 10.0 Å². The van der Waals surface area contributed by atoms with Gasteiger partial charge in [-0.3, -0.25) is 0 Å². The maximum Gasteiger partial charge on any atom is 0.338 e. The van der Waals surface area contributed by atoms with Crippen LogP contribution in [0.4, 0.5) is 4.79 Å². The highest BCUT2D eigenvalue weighted by atomic mass is 79.9. The smallest absolute Gasteiger partial charge is 0.338 e. The van der Waals surface area contributed by atoms with E-state index in [9.17, 15) is 14.7 Å². The molecule has 2 N–H and O–H groups in total. The van der Waals surface area contributed by atoms with Gasteiger partial charge < -0.3 is 24.8 Å². The van der Waals surface area contributed by atoms with Crippen LogP contribution in [0.3, 0.4) is 0 Å². The molecule has 27 heavy (non-hydrogen) atoms. The Morgan fingerprint density at radius 2 is 2.00 bits per heavy atom. The number of hydrogen-bond acceptors (Lipinski definition) is 5. The number of phenols is 1. The summed E-state index contributed by atoms with van der Waals surface area (Å²) < 4.78 is 11.2. The number of aromatic hydroxyl groups is 1. The quantitative estimate of drug-likeness (QED) is 0.696. The zero-order valence-corrected chi connectivity index (χ0v) is 17.9. The van der Waals surface area contributed by atoms with Gasteiger partial charge >= 0.3 is 12.0 Å². The van der Waals surface area contributed by atoms with Gasteiger partial charge in [-0.05, 0) is 46.0 Å². The van der Waals surface area contributed by atoms with E-state index in [0.717, 1.165) is 0 Å². The third-order valence-electron chi connectivity index (χ3n) is 4.58. The number of urea groups is 1. The fourth-order valence-electron chi connectivity index (χ4n) is 2.40. The van der Waals surface area contributed by atoms with E-state index in [1.165, 1.54) is 18.2 Å². The van der Waals surface area contributed by atoms with Crippen molar-refractivity contribution in [1.29, 1.82) is 0 Å². The Hall–Kier alpha value is -2.22. The number of rotatable bonds is 4. The van der Waals surface area contributed by atoms with Crippen molar-refractivity contribution >= 4 is 27.9 Å². The van der Waals surface area contributed by atoms with Crippen LogP contribution in [0.5, 0.6) is 11.5 Å². The number of ether oxygens (including phenoxy) is 2. The van der Waals surface area contributed by atoms with E-state index < -0.39 is 12.0 Å². The lowest BCUT2D eigenvalue weighted by molar-refractivity contribution is -0.149. The number of phenolic OH excluding ortho intramolecular Hbond substituents is 1. The van der Waals surface area contributed by atoms with E-state index in [1.807, 2.05) is 27.7 Å². The average molecular weight is 441 g/mol. The maximum atomic E-state index is 12.8. The van der Waals surface area contributed by atoms with Crippen molar-refractivity contribution in [3.05, 3.63) is 33.9 Å². The van der Waals surface area contributed by atoms with Crippen molar-refractivity contribution in [1.82, 2.24) is 10.2 Å². The molecule has 7 nitrogen and oxygen atoms in total. The molecule has 0 fully saturated rings. The van der Waals surface area contributed by atoms with Crippen LogP contribution in [0.2, 0.25) is 0 Å². The molecular formula is C19H25BrN2O5. The van der Waals surface area contributed by atoms with E-state index in [1.54, 1.807) is 19.2 Å². The van der Waals surface area contributed by atoms with Crippen LogP contribution in [0.1, 0.15) is 39.3 Å². The second kappa shape index (κ2) is 7.80. The molecule has 0 aliphatic carbocycles. The first-order valence-electron chi connectivity index (χ1n) is 8.48. The van der Waals surface area contributed by atoms with Gasteiger partial charge in [-0.15, -0.1) is 0 Å². The molecule has 148 valence electrons. The molecule has 2 amide bonds. The summed E-state index contributed by atoms with van der Waals surface area (Å²) in [5, 5.41) is 12.8. The van der Waals surface area contributed by atoms with Gasteiger partial charge in [0.2, 0.25) is 0 Å². The van der Waals surface area contributed by atoms with E-state index in [2.05, 4.69) is 21.2 Å². The molecule has 0 radical (unpaired) electrons. The van der Waals surface area contributed by atoms with E-state index >= 15 is 0 Å². The molecule has 2 rings (SSSR count).